The predicted molar refractivity (Wildman–Crippen MR) is 114 cm³/mol. The minimum atomic E-state index is -0.118. The Morgan fingerprint density at radius 1 is 1.04 bits per heavy atom. The van der Waals surface area contributed by atoms with E-state index in [2.05, 4.69) is 31.3 Å². The maximum absolute atomic E-state index is 13.0. The zero-order chi connectivity index (χ0) is 18.8. The van der Waals surface area contributed by atoms with Gasteiger partial charge < -0.3 is 5.32 Å². The molecule has 0 atom stereocenters. The molecule has 0 radical (unpaired) electrons. The number of fused-ring (bicyclic) bond motifs is 1. The molecule has 0 aliphatic heterocycles. The van der Waals surface area contributed by atoms with E-state index in [1.165, 1.54) is 10.4 Å². The normalized spacial score (nSPS) is 10.9. The number of pyridine rings is 1. The number of rotatable bonds is 4. The molecule has 134 valence electrons. The van der Waals surface area contributed by atoms with Gasteiger partial charge in [-0.1, -0.05) is 37.3 Å². The summed E-state index contributed by atoms with van der Waals surface area (Å²) in [6.45, 7) is 4.19. The molecular weight excluding hydrogens is 352 g/mol. The van der Waals surface area contributed by atoms with Crippen molar-refractivity contribution in [2.24, 2.45) is 0 Å². The highest BCUT2D eigenvalue weighted by molar-refractivity contribution is 7.15. The van der Waals surface area contributed by atoms with Gasteiger partial charge in [-0.25, -0.2) is 4.98 Å². The summed E-state index contributed by atoms with van der Waals surface area (Å²) in [4.78, 5) is 20.1. The average Bonchev–Trinajstić information content (AvgIpc) is 3.14. The summed E-state index contributed by atoms with van der Waals surface area (Å²) in [7, 11) is 0. The van der Waals surface area contributed by atoms with Crippen LogP contribution in [0.3, 0.4) is 0 Å². The van der Waals surface area contributed by atoms with Crippen molar-refractivity contribution in [2.45, 2.75) is 20.3 Å². The molecule has 2 aromatic heterocycles. The van der Waals surface area contributed by atoms with Crippen molar-refractivity contribution in [3.63, 3.8) is 0 Å². The molecule has 0 unspecified atom stereocenters. The number of hydrogen-bond acceptors (Lipinski definition) is 3. The van der Waals surface area contributed by atoms with E-state index in [0.29, 0.717) is 5.56 Å². The number of amides is 1. The fourth-order valence-corrected chi connectivity index (χ4v) is 3.91. The van der Waals surface area contributed by atoms with Crippen molar-refractivity contribution in [1.29, 1.82) is 0 Å². The van der Waals surface area contributed by atoms with E-state index >= 15 is 0 Å². The van der Waals surface area contributed by atoms with Crippen molar-refractivity contribution < 1.29 is 4.79 Å². The fourth-order valence-electron chi connectivity index (χ4n) is 3.08. The molecule has 0 aliphatic rings. The van der Waals surface area contributed by atoms with E-state index in [4.69, 9.17) is 4.98 Å². The lowest BCUT2D eigenvalue weighted by Gasteiger charge is -2.10. The Kier molecular flexibility index (Phi) is 4.73. The topological polar surface area (TPSA) is 42.0 Å². The smallest absolute Gasteiger partial charge is 0.256 e. The van der Waals surface area contributed by atoms with Gasteiger partial charge in [0.25, 0.3) is 5.91 Å². The molecule has 1 amide bonds. The van der Waals surface area contributed by atoms with Crippen LogP contribution in [0, 0.1) is 6.92 Å². The van der Waals surface area contributed by atoms with Crippen LogP contribution in [0.25, 0.3) is 21.5 Å². The van der Waals surface area contributed by atoms with Crippen LogP contribution in [0.2, 0.25) is 0 Å². The molecule has 4 rings (SSSR count). The van der Waals surface area contributed by atoms with Crippen LogP contribution in [0.1, 0.15) is 27.7 Å². The van der Waals surface area contributed by atoms with Crippen molar-refractivity contribution in [3.05, 3.63) is 82.7 Å². The second-order valence-electron chi connectivity index (χ2n) is 6.49. The number of aromatic nitrogens is 1. The minimum Gasteiger partial charge on any atom is -0.322 e. The van der Waals surface area contributed by atoms with Gasteiger partial charge in [0.15, 0.2) is 0 Å². The van der Waals surface area contributed by atoms with E-state index in [9.17, 15) is 4.79 Å². The molecule has 0 bridgehead atoms. The first-order valence-corrected chi connectivity index (χ1v) is 9.82. The maximum Gasteiger partial charge on any atom is 0.256 e. The molecule has 2 heterocycles. The Balaban J connectivity index is 1.75. The summed E-state index contributed by atoms with van der Waals surface area (Å²) in [5.74, 6) is -0.118. The van der Waals surface area contributed by atoms with Crippen LogP contribution >= 0.6 is 11.3 Å². The maximum atomic E-state index is 13.0. The van der Waals surface area contributed by atoms with Gasteiger partial charge in [-0.2, -0.15) is 0 Å². The Morgan fingerprint density at radius 2 is 1.81 bits per heavy atom. The van der Waals surface area contributed by atoms with E-state index in [-0.39, 0.29) is 5.91 Å². The number of hydrogen-bond donors (Lipinski definition) is 1. The summed E-state index contributed by atoms with van der Waals surface area (Å²) in [5.41, 5.74) is 4.34. The molecule has 0 aliphatic carbocycles. The number of para-hydroxylation sites is 1. The van der Waals surface area contributed by atoms with Gasteiger partial charge >= 0.3 is 0 Å². The van der Waals surface area contributed by atoms with Gasteiger partial charge in [0.05, 0.1) is 21.7 Å². The van der Waals surface area contributed by atoms with Crippen LogP contribution in [0.15, 0.2) is 66.7 Å². The lowest BCUT2D eigenvalue weighted by atomic mass is 10.1. The zero-order valence-electron chi connectivity index (χ0n) is 15.3. The second kappa shape index (κ2) is 7.33. The van der Waals surface area contributed by atoms with Crippen LogP contribution in [-0.4, -0.2) is 10.9 Å². The molecule has 2 aromatic carbocycles. The Bertz CT molecular complexity index is 1110. The first-order chi connectivity index (χ1) is 13.1. The van der Waals surface area contributed by atoms with Crippen molar-refractivity contribution in [2.75, 3.05) is 5.32 Å². The summed E-state index contributed by atoms with van der Waals surface area (Å²) >= 11 is 1.68. The van der Waals surface area contributed by atoms with Crippen molar-refractivity contribution in [1.82, 2.24) is 4.98 Å². The summed E-state index contributed by atoms with van der Waals surface area (Å²) in [5, 5.41) is 3.88. The summed E-state index contributed by atoms with van der Waals surface area (Å²) in [6.07, 6.45) is 0.979. The summed E-state index contributed by atoms with van der Waals surface area (Å²) in [6, 6.07) is 21.8. The number of nitrogens with one attached hydrogen (secondary N) is 1. The molecule has 0 spiro atoms. The third-order valence-corrected chi connectivity index (χ3v) is 5.60. The van der Waals surface area contributed by atoms with Crippen LogP contribution in [0.4, 0.5) is 5.69 Å². The lowest BCUT2D eigenvalue weighted by molar-refractivity contribution is 0.102. The highest BCUT2D eigenvalue weighted by Crippen LogP contribution is 2.30. The molecule has 0 saturated carbocycles. The quantitative estimate of drug-likeness (QED) is 0.471. The first-order valence-electron chi connectivity index (χ1n) is 9.01. The van der Waals surface area contributed by atoms with Crippen LogP contribution in [-0.2, 0) is 6.42 Å². The van der Waals surface area contributed by atoms with Gasteiger partial charge in [0.2, 0.25) is 0 Å². The molecule has 0 fully saturated rings. The molecule has 0 saturated heterocycles. The molecular formula is C23H20N2OS. The minimum absolute atomic E-state index is 0.118. The second-order valence-corrected chi connectivity index (χ2v) is 7.78. The highest BCUT2D eigenvalue weighted by Gasteiger charge is 2.15. The number of thiophene rings is 1. The van der Waals surface area contributed by atoms with E-state index in [1.807, 2.05) is 54.6 Å². The highest BCUT2D eigenvalue weighted by atomic mass is 32.1. The number of benzene rings is 2. The van der Waals surface area contributed by atoms with Gasteiger partial charge in [0.1, 0.15) is 0 Å². The number of carbonyl (C=O) groups excluding carboxylic acids is 1. The van der Waals surface area contributed by atoms with E-state index < -0.39 is 0 Å². The number of anilines is 1. The summed E-state index contributed by atoms with van der Waals surface area (Å²) < 4.78 is 0. The van der Waals surface area contributed by atoms with Crippen molar-refractivity contribution in [3.8, 4) is 10.6 Å². The lowest BCUT2D eigenvalue weighted by Crippen LogP contribution is -2.13. The van der Waals surface area contributed by atoms with Crippen LogP contribution in [0.5, 0.6) is 0 Å². The average molecular weight is 372 g/mol. The molecule has 27 heavy (non-hydrogen) atoms. The van der Waals surface area contributed by atoms with Gasteiger partial charge in [-0.3, -0.25) is 4.79 Å². The van der Waals surface area contributed by atoms with Gasteiger partial charge in [-0.15, -0.1) is 11.3 Å². The largest absolute Gasteiger partial charge is 0.322 e. The van der Waals surface area contributed by atoms with E-state index in [1.54, 1.807) is 11.3 Å². The Labute approximate surface area is 162 Å². The monoisotopic (exact) mass is 372 g/mol. The van der Waals surface area contributed by atoms with Gasteiger partial charge in [0, 0.05) is 16.0 Å². The number of nitrogens with zero attached hydrogens (tertiary/aromatic N) is 1. The van der Waals surface area contributed by atoms with E-state index in [0.717, 1.165) is 33.6 Å². The fraction of sp³-hybridized carbons (Fsp3) is 0.130. The molecule has 1 N–H and O–H groups in total. The predicted octanol–water partition coefficient (Wildman–Crippen LogP) is 6.09. The number of carbonyl (C=O) groups is 1. The van der Waals surface area contributed by atoms with Crippen molar-refractivity contribution >= 4 is 33.8 Å². The SMILES string of the molecule is CCc1ccc(NC(=O)c2cc(-c3ccc(C)s3)nc3ccccc23)cc1. The third kappa shape index (κ3) is 3.62. The third-order valence-electron chi connectivity index (χ3n) is 4.57. The number of aryl methyl sites for hydroxylation is 2. The Hall–Kier alpha value is -2.98. The van der Waals surface area contributed by atoms with Crippen LogP contribution < -0.4 is 5.32 Å². The zero-order valence-corrected chi connectivity index (χ0v) is 16.1. The van der Waals surface area contributed by atoms with Gasteiger partial charge in [-0.05, 0) is 55.3 Å². The first kappa shape index (κ1) is 17.4. The molecule has 4 aromatic rings. The molecule has 4 heteroatoms. The molecule has 3 nitrogen and oxygen atoms in total. The Morgan fingerprint density at radius 3 is 2.52 bits per heavy atom. The standard InChI is InChI=1S/C23H20N2OS/c1-3-16-9-11-17(12-10-16)24-23(26)19-14-21(22-13-8-15(2)27-22)25-20-7-5-4-6-18(19)20/h4-14H,3H2,1-2H3,(H,24,26).